The number of rotatable bonds is 13. The molecule has 4 heterocycles. The minimum Gasteiger partial charge on any atom is -0.917 e. The van der Waals surface area contributed by atoms with Crippen molar-refractivity contribution in [3.63, 3.8) is 0 Å². The zero-order chi connectivity index (χ0) is 69.1. The molecule has 0 bridgehead atoms. The molecule has 35 heteroatoms. The van der Waals surface area contributed by atoms with E-state index in [2.05, 4.69) is 176 Å². The number of sulfonamides is 1. The third kappa shape index (κ3) is 53.6. The van der Waals surface area contributed by atoms with Crippen LogP contribution in [0.3, 0.4) is 0 Å². The van der Waals surface area contributed by atoms with E-state index in [1.165, 1.54) is 20.8 Å². The van der Waals surface area contributed by atoms with Crippen LogP contribution in [0.4, 0.5) is 14.4 Å². The van der Waals surface area contributed by atoms with Crippen LogP contribution in [0.1, 0.15) is 95.4 Å². The first-order chi connectivity index (χ1) is 42.2. The molecular weight excluding hydrogens is 1660 g/mol. The molecule has 3 amide bonds. The fraction of sp³-hybridized carbons (Fsp3) is 0.644. The molecule has 4 aliphatic heterocycles. The van der Waals surface area contributed by atoms with Gasteiger partial charge in [0.15, 0.2) is 1.05 Å². The molecule has 530 valence electrons. The predicted octanol–water partition coefficient (Wildman–Crippen LogP) is 3.66. The molecule has 3 aromatic carbocycles. The second-order valence-electron chi connectivity index (χ2n) is 23.1. The van der Waals surface area contributed by atoms with Gasteiger partial charge in [0.1, 0.15) is 16.8 Å². The Morgan fingerprint density at radius 3 is 1.16 bits per heavy atom. The fourth-order valence-corrected chi connectivity index (χ4v) is 12.0. The summed E-state index contributed by atoms with van der Waals surface area (Å²) < 4.78 is 114. The van der Waals surface area contributed by atoms with Gasteiger partial charge in [0.2, 0.25) is 10.0 Å². The number of nitrogens with one attached hydrogen (secondary N) is 1. The van der Waals surface area contributed by atoms with Crippen LogP contribution in [0.25, 0.3) is 0 Å². The average molecular weight is 1750 g/mol. The number of hydrogen-bond donors (Lipinski definition) is 4. The van der Waals surface area contributed by atoms with Crippen molar-refractivity contribution in [3.8, 4) is 0 Å². The van der Waals surface area contributed by atoms with Gasteiger partial charge in [-0.3, -0.25) is 4.55 Å². The predicted molar refractivity (Wildman–Crippen MR) is 379 cm³/mol. The average Bonchev–Trinajstić information content (AvgIpc) is 0.843. The molecule has 3 aromatic rings. The molecule has 4 atom stereocenters. The van der Waals surface area contributed by atoms with Crippen LogP contribution >= 0.6 is 87.6 Å². The first kappa shape index (κ1) is 98.0. The Bertz CT molecular complexity index is 2670. The van der Waals surface area contributed by atoms with Gasteiger partial charge in [0, 0.05) is 44.7 Å². The molecule has 0 aliphatic carbocycles. The Hall–Kier alpha value is -0.210. The molecule has 4 aliphatic rings. The quantitative estimate of drug-likeness (QED) is 0.0361. The summed E-state index contributed by atoms with van der Waals surface area (Å²) in [6, 6.07) is 32.3. The second-order valence-corrected chi connectivity index (χ2v) is 41.0. The number of benzene rings is 3. The molecule has 4 fully saturated rings. The van der Waals surface area contributed by atoms with Gasteiger partial charge in [0.05, 0.1) is 82.0 Å². The minimum atomic E-state index is -4.00. The number of nitrogens with zero attached hydrogens (tertiary/aromatic N) is 3. The number of carbonyl (C=O) groups excluding carboxylic acids is 3. The van der Waals surface area contributed by atoms with Crippen molar-refractivity contribution < 1.29 is 146 Å². The van der Waals surface area contributed by atoms with Gasteiger partial charge in [-0.15, -0.1) is 0 Å². The number of aliphatic hydroxyl groups is 1. The Balaban J connectivity index is -0.00000106. The van der Waals surface area contributed by atoms with Gasteiger partial charge in [-0.25, -0.2) is 27.9 Å². The van der Waals surface area contributed by atoms with E-state index >= 15 is 0 Å². The standard InChI is InChI=1S/C18H15P.C11H20BrNO3.C11H21NO6S.C11H21NO4.C6H14N2O3S.CBr4.CH4.2Na.O3S/c1-4-10-16(11-5-1)19(17-12-6-2-7-13-17)18-14-8-3-9-15-18;1-11(2,3)16-10(14)13-6-7-15-9(8-13)4-5-12;1-11(2,3)18-10(13)12-5-6-17-9(8-12)4-7-19(14,15)16;1-11(2,3)16-10(14)12-5-7-15-9(8-12)4-6-13;7-12(9,10)4-1-6-5-8-2-3-11-6;2-1(3,4)5;;;;1-4(2)3/h1-15H;9H,4-8H2,1-3H3;9H,4-8H2,1-3H3,(H,14,15,16);9,13H,4-8H2,1-3H3;6,8H,1-5H2,(H2,7,9,10);;1H4;;;/q;;;;;;;2*+1;-2. The molecule has 0 spiro atoms. The van der Waals surface area contributed by atoms with E-state index in [4.69, 9.17) is 60.9 Å². The topological polar surface area (TPSA) is 330 Å². The van der Waals surface area contributed by atoms with E-state index in [1.807, 2.05) is 41.5 Å². The molecule has 0 aromatic heterocycles. The summed E-state index contributed by atoms with van der Waals surface area (Å²) >= 11 is 15.9. The maximum atomic E-state index is 11.8. The summed E-state index contributed by atoms with van der Waals surface area (Å²) in [5.41, 5.74) is -1.47. The van der Waals surface area contributed by atoms with Gasteiger partial charge in [-0.05, 0) is 176 Å². The van der Waals surface area contributed by atoms with E-state index in [-0.39, 0.29) is 129 Å². The number of morpholine rings is 4. The molecule has 4 unspecified atom stereocenters. The van der Waals surface area contributed by atoms with Crippen molar-refractivity contribution in [1.82, 2.24) is 20.0 Å². The van der Waals surface area contributed by atoms with Crippen molar-refractivity contribution in [2.45, 2.75) is 138 Å². The number of aliphatic hydroxyl groups excluding tert-OH is 1. The summed E-state index contributed by atoms with van der Waals surface area (Å²) in [6.45, 7) is 23.2. The van der Waals surface area contributed by atoms with Gasteiger partial charge >= 0.3 is 77.4 Å². The van der Waals surface area contributed by atoms with Gasteiger partial charge < -0.3 is 71.3 Å². The minimum absolute atomic E-state index is 0. The summed E-state index contributed by atoms with van der Waals surface area (Å²) in [5.74, 6) is -0.376. The zero-order valence-corrected chi connectivity index (χ0v) is 70.2. The third-order valence-corrected chi connectivity index (χ3v) is 16.2. The van der Waals surface area contributed by atoms with Crippen LogP contribution in [0.2, 0.25) is 0 Å². The van der Waals surface area contributed by atoms with E-state index in [9.17, 15) is 31.2 Å². The number of primary sulfonamides is 1. The van der Waals surface area contributed by atoms with Crippen LogP contribution < -0.4 is 85.5 Å². The Labute approximate surface area is 647 Å². The first-order valence-electron chi connectivity index (χ1n) is 28.9. The summed E-state index contributed by atoms with van der Waals surface area (Å²) in [4.78, 5) is 40.2. The number of alkyl halides is 5. The zero-order valence-electron chi connectivity index (χ0n) is 54.9. The number of nitrogens with two attached hydrogens (primary N) is 1. The molecule has 5 N–H and O–H groups in total. The van der Waals surface area contributed by atoms with Crippen LogP contribution in [-0.2, 0) is 72.7 Å². The molecular formula is C59H95Br5N5Na2O19PS3. The molecule has 24 nitrogen and oxygen atoms in total. The SMILES string of the molecule is BrC(Br)(Br)Br.C.CC(C)(C)OC(=O)N1CCOC(CCBr)C1.CC(C)(C)OC(=O)N1CCOC(CCO)C1.CC(C)(C)OC(=O)N1CCOC(CCS(=O)(=O)O)C1.NS(=O)(=O)CCC1CNCCO1.O=[S-](=O)[O-].[Na+].[Na+].c1ccc(P(c2ccccc2)c2ccccc2)cc1. The first-order valence-corrected chi connectivity index (χ1v) is 38.8. The van der Waals surface area contributed by atoms with Gasteiger partial charge in [-0.2, -0.15) is 19.4 Å². The monoisotopic (exact) mass is 1750 g/mol. The van der Waals surface area contributed by atoms with Crippen molar-refractivity contribution in [2.75, 3.05) is 102 Å². The number of ether oxygens (including phenoxy) is 7. The number of carbonyl (C=O) groups is 3. The maximum Gasteiger partial charge on any atom is 1.00 e. The molecule has 94 heavy (non-hydrogen) atoms. The van der Waals surface area contributed by atoms with Gasteiger partial charge in [-0.1, -0.05) is 114 Å². The summed E-state index contributed by atoms with van der Waals surface area (Å²) in [7, 11) is -10.9. The van der Waals surface area contributed by atoms with E-state index in [1.54, 1.807) is 30.6 Å². The van der Waals surface area contributed by atoms with Crippen LogP contribution in [0.15, 0.2) is 91.0 Å². The second kappa shape index (κ2) is 51.0. The smallest absolute Gasteiger partial charge is 0.917 e. The van der Waals surface area contributed by atoms with Crippen molar-refractivity contribution >= 4 is 153 Å². The summed E-state index contributed by atoms with van der Waals surface area (Å²) in [6.07, 6.45) is 0.761. The maximum absolute atomic E-state index is 11.8. The van der Waals surface area contributed by atoms with Crippen LogP contribution in [0, 0.1) is 0 Å². The van der Waals surface area contributed by atoms with Crippen molar-refractivity contribution in [1.29, 1.82) is 0 Å². The van der Waals surface area contributed by atoms with E-state index in [0.717, 1.165) is 24.8 Å². The molecule has 0 saturated carbocycles. The molecule has 7 rings (SSSR count). The number of hydrogen-bond acceptors (Lipinski definition) is 20. The number of halogens is 5. The molecule has 4 saturated heterocycles. The number of amides is 3. The normalized spacial score (nSPS) is 18.2. The molecule has 0 radical (unpaired) electrons. The third-order valence-electron chi connectivity index (χ3n) is 11.7. The Kier molecular flexibility index (Phi) is 53.2. The van der Waals surface area contributed by atoms with Crippen LogP contribution in [0.5, 0.6) is 0 Å². The summed E-state index contributed by atoms with van der Waals surface area (Å²) in [5, 5.41) is 21.9. The Morgan fingerprint density at radius 2 is 0.894 bits per heavy atom. The van der Waals surface area contributed by atoms with E-state index < -0.39 is 68.0 Å². The van der Waals surface area contributed by atoms with E-state index in [0.29, 0.717) is 72.0 Å². The fourth-order valence-electron chi connectivity index (χ4n) is 7.98. The van der Waals surface area contributed by atoms with Crippen molar-refractivity contribution in [3.05, 3.63) is 91.0 Å². The van der Waals surface area contributed by atoms with Crippen LogP contribution in [-0.4, -0.2) is 209 Å². The van der Waals surface area contributed by atoms with Crippen molar-refractivity contribution in [2.24, 2.45) is 5.14 Å². The van der Waals surface area contributed by atoms with Gasteiger partial charge in [0.25, 0.3) is 10.1 Å². The Morgan fingerprint density at radius 1 is 0.596 bits per heavy atom. The largest absolute Gasteiger partial charge is 1.00 e.